The summed E-state index contributed by atoms with van der Waals surface area (Å²) in [6, 6.07) is 11.7. The zero-order valence-electron chi connectivity index (χ0n) is 18.9. The summed E-state index contributed by atoms with van der Waals surface area (Å²) in [5.74, 6) is 0.566. The first-order chi connectivity index (χ1) is 16.8. The highest BCUT2D eigenvalue weighted by atomic mass is 19.4. The number of nitrogens with one attached hydrogen (secondary N) is 2. The lowest BCUT2D eigenvalue weighted by Gasteiger charge is -2.28. The Kier molecular flexibility index (Phi) is 5.98. The van der Waals surface area contributed by atoms with E-state index < -0.39 is 12.3 Å². The van der Waals surface area contributed by atoms with Crippen LogP contribution >= 0.6 is 0 Å². The van der Waals surface area contributed by atoms with E-state index in [0.717, 1.165) is 49.2 Å². The van der Waals surface area contributed by atoms with Crippen molar-refractivity contribution < 1.29 is 27.4 Å². The molecule has 10 heteroatoms. The smallest absolute Gasteiger partial charge is 0.454 e. The Balaban J connectivity index is 1.47. The van der Waals surface area contributed by atoms with Crippen LogP contribution in [0.25, 0.3) is 11.1 Å². The number of benzene rings is 2. The first kappa shape index (κ1) is 23.0. The SMILES string of the molecule is CCc1cc2c(cc1OC(F)(F)F)NC(=O)c1cc(-c3ccnc(N4CCNCC4)c3)ccc1O2. The van der Waals surface area contributed by atoms with Crippen LogP contribution in [0.2, 0.25) is 0 Å². The monoisotopic (exact) mass is 484 g/mol. The minimum absolute atomic E-state index is 0.106. The first-order valence-corrected chi connectivity index (χ1v) is 11.3. The van der Waals surface area contributed by atoms with Gasteiger partial charge in [-0.15, -0.1) is 13.2 Å². The molecule has 2 aliphatic heterocycles. The van der Waals surface area contributed by atoms with E-state index >= 15 is 0 Å². The molecule has 0 saturated carbocycles. The Morgan fingerprint density at radius 2 is 1.83 bits per heavy atom. The van der Waals surface area contributed by atoms with Crippen molar-refractivity contribution in [1.29, 1.82) is 0 Å². The second-order valence-corrected chi connectivity index (χ2v) is 8.26. The molecule has 3 heterocycles. The van der Waals surface area contributed by atoms with Gasteiger partial charge in [-0.25, -0.2) is 4.98 Å². The van der Waals surface area contributed by atoms with Crippen molar-refractivity contribution in [3.63, 3.8) is 0 Å². The van der Waals surface area contributed by atoms with Crippen molar-refractivity contribution in [2.24, 2.45) is 0 Å². The number of aromatic nitrogens is 1. The number of alkyl halides is 3. The number of aryl methyl sites for hydroxylation is 1. The van der Waals surface area contributed by atoms with Crippen molar-refractivity contribution in [2.75, 3.05) is 36.4 Å². The van der Waals surface area contributed by atoms with Gasteiger partial charge in [0.15, 0.2) is 5.75 Å². The number of piperazine rings is 1. The average molecular weight is 484 g/mol. The molecule has 7 nitrogen and oxygen atoms in total. The van der Waals surface area contributed by atoms with Crippen LogP contribution in [0.15, 0.2) is 48.7 Å². The Morgan fingerprint density at radius 1 is 1.06 bits per heavy atom. The Morgan fingerprint density at radius 3 is 2.57 bits per heavy atom. The molecule has 0 aliphatic carbocycles. The Bertz CT molecular complexity index is 1270. The van der Waals surface area contributed by atoms with Crippen LogP contribution in [0.4, 0.5) is 24.7 Å². The summed E-state index contributed by atoms with van der Waals surface area (Å²) in [7, 11) is 0. The van der Waals surface area contributed by atoms with Gasteiger partial charge in [-0.2, -0.15) is 0 Å². The number of hydrogen-bond donors (Lipinski definition) is 2. The minimum atomic E-state index is -4.85. The summed E-state index contributed by atoms with van der Waals surface area (Å²) in [4.78, 5) is 19.7. The number of pyridine rings is 1. The predicted octanol–water partition coefficient (Wildman–Crippen LogP) is 4.98. The summed E-state index contributed by atoms with van der Waals surface area (Å²) in [6.07, 6.45) is -2.82. The van der Waals surface area contributed by atoms with Crippen LogP contribution in [-0.4, -0.2) is 43.4 Å². The van der Waals surface area contributed by atoms with Crippen molar-refractivity contribution in [1.82, 2.24) is 10.3 Å². The van der Waals surface area contributed by atoms with Gasteiger partial charge in [-0.3, -0.25) is 4.79 Å². The number of hydrogen-bond acceptors (Lipinski definition) is 6. The third kappa shape index (κ3) is 4.88. The molecule has 0 unspecified atom stereocenters. The number of carbonyl (C=O) groups excluding carboxylic acids is 1. The highest BCUT2D eigenvalue weighted by molar-refractivity contribution is 6.08. The van der Waals surface area contributed by atoms with Gasteiger partial charge in [0.25, 0.3) is 5.91 Å². The highest BCUT2D eigenvalue weighted by Gasteiger charge is 2.33. The molecule has 1 fully saturated rings. The maximum absolute atomic E-state index is 13.0. The van der Waals surface area contributed by atoms with Crippen LogP contribution in [0, 0.1) is 0 Å². The maximum atomic E-state index is 13.0. The second-order valence-electron chi connectivity index (χ2n) is 8.26. The van der Waals surface area contributed by atoms with E-state index in [2.05, 4.69) is 25.3 Å². The fraction of sp³-hybridized carbons (Fsp3) is 0.280. The predicted molar refractivity (Wildman–Crippen MR) is 125 cm³/mol. The van der Waals surface area contributed by atoms with E-state index in [-0.39, 0.29) is 22.7 Å². The molecule has 1 saturated heterocycles. The first-order valence-electron chi connectivity index (χ1n) is 11.3. The quantitative estimate of drug-likeness (QED) is 0.544. The molecule has 0 bridgehead atoms. The molecule has 0 radical (unpaired) electrons. The van der Waals surface area contributed by atoms with E-state index in [9.17, 15) is 18.0 Å². The lowest BCUT2D eigenvalue weighted by Crippen LogP contribution is -2.43. The van der Waals surface area contributed by atoms with E-state index in [1.54, 1.807) is 25.3 Å². The number of ether oxygens (including phenoxy) is 2. The van der Waals surface area contributed by atoms with Crippen LogP contribution < -0.4 is 25.0 Å². The summed E-state index contributed by atoms with van der Waals surface area (Å²) >= 11 is 0. The summed E-state index contributed by atoms with van der Waals surface area (Å²) in [5, 5.41) is 5.97. The Hall–Kier alpha value is -3.79. The lowest BCUT2D eigenvalue weighted by atomic mass is 10.0. The van der Waals surface area contributed by atoms with E-state index in [1.165, 1.54) is 6.07 Å². The molecule has 2 aliphatic rings. The molecular formula is C25H23F3N4O3. The standard InChI is InChI=1S/C25H23F3N4O3/c1-2-15-12-22-19(14-21(15)35-25(26,27)28)31-24(33)18-11-16(3-4-20(18)34-22)17-5-6-30-23(13-17)32-9-7-29-8-10-32/h3-6,11-14,29H,2,7-10H2,1H3,(H,31,33). The van der Waals surface area contributed by atoms with E-state index in [0.29, 0.717) is 17.7 Å². The van der Waals surface area contributed by atoms with Crippen LogP contribution in [0.5, 0.6) is 17.2 Å². The van der Waals surface area contributed by atoms with Crippen molar-refractivity contribution in [2.45, 2.75) is 19.7 Å². The molecule has 5 rings (SSSR count). The molecule has 0 spiro atoms. The fourth-order valence-corrected chi connectivity index (χ4v) is 4.23. The number of anilines is 2. The van der Waals surface area contributed by atoms with Gasteiger partial charge in [0.05, 0.1) is 11.3 Å². The summed E-state index contributed by atoms with van der Waals surface area (Å²) < 4.78 is 48.7. The molecule has 0 atom stereocenters. The fourth-order valence-electron chi connectivity index (χ4n) is 4.23. The van der Waals surface area contributed by atoms with Crippen molar-refractivity contribution in [3.8, 4) is 28.4 Å². The molecule has 3 aromatic rings. The second kappa shape index (κ2) is 9.10. The normalized spacial score (nSPS) is 15.4. The van der Waals surface area contributed by atoms with Gasteiger partial charge >= 0.3 is 6.36 Å². The topological polar surface area (TPSA) is 75.7 Å². The lowest BCUT2D eigenvalue weighted by molar-refractivity contribution is -0.274. The van der Waals surface area contributed by atoms with E-state index in [4.69, 9.17) is 4.74 Å². The number of nitrogens with zero attached hydrogens (tertiary/aromatic N) is 2. The van der Waals surface area contributed by atoms with Gasteiger partial charge in [-0.05, 0) is 53.4 Å². The van der Waals surface area contributed by atoms with Crippen LogP contribution in [-0.2, 0) is 6.42 Å². The van der Waals surface area contributed by atoms with Gasteiger partial charge in [0, 0.05) is 38.4 Å². The van der Waals surface area contributed by atoms with Gasteiger partial charge in [0.2, 0.25) is 0 Å². The number of carbonyl (C=O) groups is 1. The van der Waals surface area contributed by atoms with Crippen molar-refractivity contribution >= 4 is 17.4 Å². The number of rotatable bonds is 4. The Labute approximate surface area is 199 Å². The van der Waals surface area contributed by atoms with Crippen LogP contribution in [0.1, 0.15) is 22.8 Å². The average Bonchev–Trinajstić information content (AvgIpc) is 2.98. The largest absolute Gasteiger partial charge is 0.573 e. The van der Waals surface area contributed by atoms with Crippen molar-refractivity contribution in [3.05, 3.63) is 59.8 Å². The third-order valence-electron chi connectivity index (χ3n) is 5.98. The number of amides is 1. The molecule has 1 amide bonds. The summed E-state index contributed by atoms with van der Waals surface area (Å²) in [6.45, 7) is 5.20. The van der Waals surface area contributed by atoms with E-state index in [1.807, 2.05) is 18.2 Å². The molecule has 2 aromatic carbocycles. The summed E-state index contributed by atoms with van der Waals surface area (Å²) in [5.41, 5.74) is 2.37. The third-order valence-corrected chi connectivity index (χ3v) is 5.98. The van der Waals surface area contributed by atoms with Crippen LogP contribution in [0.3, 0.4) is 0 Å². The number of fused-ring (bicyclic) bond motifs is 2. The van der Waals surface area contributed by atoms with Gasteiger partial charge in [-0.1, -0.05) is 13.0 Å². The minimum Gasteiger partial charge on any atom is -0.454 e. The maximum Gasteiger partial charge on any atom is 0.573 e. The molecule has 182 valence electrons. The molecule has 35 heavy (non-hydrogen) atoms. The number of halogens is 3. The zero-order chi connectivity index (χ0) is 24.6. The molecule has 1 aromatic heterocycles. The molecular weight excluding hydrogens is 461 g/mol. The van der Waals surface area contributed by atoms with Gasteiger partial charge < -0.3 is 25.0 Å². The molecule has 2 N–H and O–H groups in total. The van der Waals surface area contributed by atoms with Gasteiger partial charge in [0.1, 0.15) is 17.3 Å². The highest BCUT2D eigenvalue weighted by Crippen LogP contribution is 2.42. The zero-order valence-corrected chi connectivity index (χ0v) is 18.9.